The zero-order valence-electron chi connectivity index (χ0n) is 27.5. The van der Waals surface area contributed by atoms with Gasteiger partial charge in [0.05, 0.1) is 19.8 Å². The topological polar surface area (TPSA) is 96.6 Å². The molecule has 3 aliphatic rings. The van der Waals surface area contributed by atoms with E-state index in [0.717, 1.165) is 12.8 Å². The summed E-state index contributed by atoms with van der Waals surface area (Å²) in [7, 11) is -1.04. The smallest absolute Gasteiger partial charge is 0.322 e. The van der Waals surface area contributed by atoms with Gasteiger partial charge in [-0.15, -0.1) is 0 Å². The van der Waals surface area contributed by atoms with Crippen molar-refractivity contribution in [3.63, 3.8) is 0 Å². The first-order valence-corrected chi connectivity index (χ1v) is 18.3. The van der Waals surface area contributed by atoms with Crippen molar-refractivity contribution in [2.45, 2.75) is 75.9 Å². The molecule has 1 saturated carbocycles. The second kappa shape index (κ2) is 13.0. The molecule has 11 heteroatoms. The quantitative estimate of drug-likeness (QED) is 0.319. The molecule has 0 radical (unpaired) electrons. The van der Waals surface area contributed by atoms with Gasteiger partial charge in [-0.2, -0.15) is 20.2 Å². The fourth-order valence-electron chi connectivity index (χ4n) is 7.34. The van der Waals surface area contributed by atoms with Crippen LogP contribution in [0.15, 0.2) is 60.7 Å². The molecule has 3 aromatic rings. The molecule has 2 saturated heterocycles. The maximum absolute atomic E-state index is 14.1. The van der Waals surface area contributed by atoms with Crippen LogP contribution >= 0.6 is 0 Å². The van der Waals surface area contributed by atoms with E-state index in [0.29, 0.717) is 51.1 Å². The molecular formula is C35H45FN6O3Si. The number of alkyl halides is 1. The van der Waals surface area contributed by atoms with Gasteiger partial charge in [-0.3, -0.25) is 4.90 Å². The molecule has 1 unspecified atom stereocenters. The van der Waals surface area contributed by atoms with Crippen molar-refractivity contribution in [1.82, 2.24) is 19.9 Å². The number of rotatable bonds is 9. The fourth-order valence-corrected chi connectivity index (χ4v) is 12.2. The van der Waals surface area contributed by atoms with Crippen molar-refractivity contribution in [2.75, 3.05) is 44.8 Å². The van der Waals surface area contributed by atoms with Crippen LogP contribution in [0.4, 0.5) is 10.3 Å². The second-order valence-electron chi connectivity index (χ2n) is 14.1. The van der Waals surface area contributed by atoms with E-state index in [1.54, 1.807) is 0 Å². The highest BCUT2D eigenvalue weighted by molar-refractivity contribution is 6.99. The highest BCUT2D eigenvalue weighted by Gasteiger charge is 2.59. The van der Waals surface area contributed by atoms with Gasteiger partial charge >= 0.3 is 6.01 Å². The highest BCUT2D eigenvalue weighted by atomic mass is 28.4. The molecule has 2 aliphatic heterocycles. The molecule has 0 N–H and O–H groups in total. The Morgan fingerprint density at radius 1 is 1.04 bits per heavy atom. The third-order valence-electron chi connectivity index (χ3n) is 9.77. The summed E-state index contributed by atoms with van der Waals surface area (Å²) in [5, 5.41) is 12.1. The van der Waals surface area contributed by atoms with E-state index < -0.39 is 20.1 Å². The Kier molecular flexibility index (Phi) is 9.18. The summed E-state index contributed by atoms with van der Waals surface area (Å²) in [5.41, 5.74) is -0.641. The Morgan fingerprint density at radius 3 is 2.24 bits per heavy atom. The lowest BCUT2D eigenvalue weighted by Gasteiger charge is -2.50. The number of nitriles is 1. The molecule has 6 rings (SSSR count). The van der Waals surface area contributed by atoms with E-state index in [1.807, 2.05) is 18.9 Å². The van der Waals surface area contributed by atoms with Gasteiger partial charge in [0, 0.05) is 19.1 Å². The predicted molar refractivity (Wildman–Crippen MR) is 178 cm³/mol. The summed E-state index contributed by atoms with van der Waals surface area (Å²) in [6.45, 7) is 11.1. The molecule has 9 nitrogen and oxygen atoms in total. The Bertz CT molecular complexity index is 1490. The van der Waals surface area contributed by atoms with Gasteiger partial charge in [0.2, 0.25) is 11.8 Å². The Morgan fingerprint density at radius 2 is 1.70 bits per heavy atom. The number of aromatic nitrogens is 3. The van der Waals surface area contributed by atoms with Crippen LogP contribution in [0.25, 0.3) is 0 Å². The van der Waals surface area contributed by atoms with Crippen LogP contribution in [0.3, 0.4) is 0 Å². The van der Waals surface area contributed by atoms with Crippen LogP contribution < -0.4 is 20.0 Å². The van der Waals surface area contributed by atoms with Gasteiger partial charge in [0.15, 0.2) is 0 Å². The second-order valence-corrected chi connectivity index (χ2v) is 18.3. The van der Waals surface area contributed by atoms with E-state index in [2.05, 4.69) is 102 Å². The molecule has 1 aromatic heterocycles. The molecule has 0 amide bonds. The first-order chi connectivity index (χ1) is 22.0. The van der Waals surface area contributed by atoms with E-state index in [4.69, 9.17) is 18.9 Å². The lowest BCUT2D eigenvalue weighted by molar-refractivity contribution is -0.0290. The summed E-state index contributed by atoms with van der Waals surface area (Å²) in [5.74, 6) is 0.637. The molecule has 3 fully saturated rings. The molecule has 4 atom stereocenters. The minimum Gasteiger partial charge on any atom is -0.459 e. The van der Waals surface area contributed by atoms with Gasteiger partial charge in [0.25, 0.3) is 8.32 Å². The van der Waals surface area contributed by atoms with Gasteiger partial charge in [-0.25, -0.2) is 4.39 Å². The number of hydrogen-bond donors (Lipinski definition) is 0. The molecule has 3 heterocycles. The Balaban J connectivity index is 1.38. The average molecular weight is 645 g/mol. The number of likely N-dealkylation sites (N-methyl/N-ethyl adjacent to an activating group) is 1. The molecular weight excluding hydrogens is 600 g/mol. The van der Waals surface area contributed by atoms with Gasteiger partial charge in [-0.05, 0) is 54.6 Å². The maximum Gasteiger partial charge on any atom is 0.322 e. The molecule has 2 aromatic carbocycles. The third kappa shape index (κ3) is 6.41. The van der Waals surface area contributed by atoms with Crippen LogP contribution in [-0.4, -0.2) is 92.0 Å². The van der Waals surface area contributed by atoms with Crippen molar-refractivity contribution in [3.05, 3.63) is 66.5 Å². The Hall–Kier alpha value is -3.43. The van der Waals surface area contributed by atoms with E-state index in [9.17, 15) is 9.65 Å². The van der Waals surface area contributed by atoms with E-state index in [1.165, 1.54) is 10.4 Å². The van der Waals surface area contributed by atoms with Crippen LogP contribution in [0.1, 0.15) is 52.8 Å². The van der Waals surface area contributed by atoms with Crippen LogP contribution in [0.5, 0.6) is 6.01 Å². The number of halogens is 1. The molecule has 244 valence electrons. The van der Waals surface area contributed by atoms with Crippen molar-refractivity contribution in [3.8, 4) is 12.1 Å². The zero-order chi connectivity index (χ0) is 32.5. The van der Waals surface area contributed by atoms with Crippen LogP contribution in [0.2, 0.25) is 5.04 Å². The van der Waals surface area contributed by atoms with Crippen molar-refractivity contribution in [2.24, 2.45) is 5.92 Å². The number of anilines is 1. The zero-order valence-corrected chi connectivity index (χ0v) is 28.5. The summed E-state index contributed by atoms with van der Waals surface area (Å²) in [6, 6.07) is 23.4. The average Bonchev–Trinajstić information content (AvgIpc) is 3.87. The number of nitrogens with zero attached hydrogens (tertiary/aromatic N) is 6. The summed E-state index contributed by atoms with van der Waals surface area (Å²) in [6.07, 6.45) is 1.21. The lowest BCUT2D eigenvalue weighted by Crippen LogP contribution is -2.71. The molecule has 0 bridgehead atoms. The monoisotopic (exact) mass is 644 g/mol. The van der Waals surface area contributed by atoms with Crippen LogP contribution in [-0.2, 0) is 9.16 Å². The number of benzene rings is 2. The van der Waals surface area contributed by atoms with Gasteiger partial charge in [0.1, 0.15) is 23.9 Å². The number of hydrogen-bond acceptors (Lipinski definition) is 9. The highest BCUT2D eigenvalue weighted by Crippen LogP contribution is 2.48. The predicted octanol–water partition coefficient (Wildman–Crippen LogP) is 4.11. The minimum atomic E-state index is -2.93. The first-order valence-electron chi connectivity index (χ1n) is 16.4. The number of likely N-dealkylation sites (tertiary alicyclic amines) is 1. The summed E-state index contributed by atoms with van der Waals surface area (Å²) >= 11 is 0. The lowest BCUT2D eigenvalue weighted by atomic mass is 9.98. The van der Waals surface area contributed by atoms with E-state index >= 15 is 0 Å². The first kappa shape index (κ1) is 32.5. The van der Waals surface area contributed by atoms with Crippen LogP contribution in [0, 0.1) is 17.2 Å². The van der Waals surface area contributed by atoms with Gasteiger partial charge in [-0.1, -0.05) is 81.4 Å². The largest absolute Gasteiger partial charge is 0.459 e. The summed E-state index contributed by atoms with van der Waals surface area (Å²) < 4.78 is 34.5. The molecule has 0 spiro atoms. The molecule has 1 aliphatic carbocycles. The third-order valence-corrected chi connectivity index (χ3v) is 14.9. The standard InChI is InChI=1S/C35H45FN6O3Si/c1-25(30-20-27(36)22-41(30)5)44-33-39-31(21-37)38-32(40-33)42-18-19-43-24-35(23-42,26-16-17-26)45-46(34(2,3)4,28-12-8-6-9-13-28)29-14-10-7-11-15-29/h6-15,25-27,30H,16-20,22-24H2,1-5H3/t25-,27+,30-,35?/m0/s1. The van der Waals surface area contributed by atoms with Gasteiger partial charge < -0.3 is 18.8 Å². The minimum absolute atomic E-state index is 0.0227. The SMILES string of the molecule is C[C@H](Oc1nc(C#N)nc(N2CCOCC(O[Si](c3ccccc3)(c3ccccc3)C(C)(C)C)(C3CC3)C2)n1)[C@@H]1C[C@@H](F)CN1C. The van der Waals surface area contributed by atoms with Crippen molar-refractivity contribution in [1.29, 1.82) is 5.26 Å². The fraction of sp³-hybridized carbons (Fsp3) is 0.543. The maximum atomic E-state index is 14.1. The van der Waals surface area contributed by atoms with Crippen molar-refractivity contribution < 1.29 is 18.3 Å². The number of ether oxygens (including phenoxy) is 2. The normalized spacial score (nSPS) is 25.1. The van der Waals surface area contributed by atoms with Crippen molar-refractivity contribution >= 4 is 24.6 Å². The van der Waals surface area contributed by atoms with E-state index in [-0.39, 0.29) is 29.0 Å². The Labute approximate surface area is 272 Å². The summed E-state index contributed by atoms with van der Waals surface area (Å²) in [4.78, 5) is 17.6. The molecule has 46 heavy (non-hydrogen) atoms.